The number of alkyl halides is 3. The summed E-state index contributed by atoms with van der Waals surface area (Å²) in [7, 11) is 0. The Morgan fingerprint density at radius 3 is 2.77 bits per heavy atom. The van der Waals surface area contributed by atoms with E-state index in [9.17, 15) is 22.4 Å². The van der Waals surface area contributed by atoms with Gasteiger partial charge in [-0.15, -0.1) is 30.0 Å². The molecule has 8 nitrogen and oxygen atoms in total. The number of benzene rings is 1. The number of carbonyl (C=O) groups is 1. The van der Waals surface area contributed by atoms with Crippen molar-refractivity contribution in [3.8, 4) is 16.9 Å². The first-order chi connectivity index (χ1) is 16.7. The van der Waals surface area contributed by atoms with Gasteiger partial charge in [0.25, 0.3) is 5.91 Å². The number of ether oxygens (including phenoxy) is 1. The Bertz CT molecular complexity index is 1440. The first-order valence-corrected chi connectivity index (χ1v) is 11.2. The van der Waals surface area contributed by atoms with Crippen LogP contribution >= 0.6 is 11.8 Å². The number of carbonyl (C=O) groups excluding carboxylic acids is 1. The topological polar surface area (TPSA) is 98.6 Å². The van der Waals surface area contributed by atoms with E-state index in [4.69, 9.17) is 5.73 Å². The van der Waals surface area contributed by atoms with Crippen molar-refractivity contribution in [2.24, 2.45) is 0 Å². The van der Waals surface area contributed by atoms with Gasteiger partial charge in [0.05, 0.1) is 5.56 Å². The van der Waals surface area contributed by atoms with Crippen molar-refractivity contribution in [2.45, 2.75) is 17.9 Å². The number of hydrogen-bond donors (Lipinski definition) is 1. The summed E-state index contributed by atoms with van der Waals surface area (Å²) in [6.45, 7) is 0.0267. The SMILES string of the molecule is Nc1nc2cc(-c3cnc4c(c3)C(=O)N(Cc3cc(OC(F)(F)F)ccc3F)CCS4)ccn2n1. The molecule has 2 N–H and O–H groups in total. The Hall–Kier alpha value is -3.87. The zero-order valence-electron chi connectivity index (χ0n) is 17.8. The molecule has 5 rings (SSSR count). The Morgan fingerprint density at radius 2 is 1.97 bits per heavy atom. The number of amides is 1. The second-order valence-corrected chi connectivity index (χ2v) is 8.72. The number of nitrogens with two attached hydrogens (primary N) is 1. The highest BCUT2D eigenvalue weighted by atomic mass is 32.2. The van der Waals surface area contributed by atoms with Crippen molar-refractivity contribution in [3.63, 3.8) is 0 Å². The molecule has 0 spiro atoms. The Labute approximate surface area is 199 Å². The van der Waals surface area contributed by atoms with E-state index in [-0.39, 0.29) is 24.6 Å². The summed E-state index contributed by atoms with van der Waals surface area (Å²) < 4.78 is 57.5. The van der Waals surface area contributed by atoms with Gasteiger partial charge in [0, 0.05) is 42.4 Å². The second kappa shape index (κ2) is 8.73. The number of rotatable bonds is 4. The Kier molecular flexibility index (Phi) is 5.71. The van der Waals surface area contributed by atoms with Crippen molar-refractivity contribution >= 4 is 29.3 Å². The molecule has 1 aliphatic heterocycles. The van der Waals surface area contributed by atoms with Gasteiger partial charge in [-0.3, -0.25) is 4.79 Å². The lowest BCUT2D eigenvalue weighted by Crippen LogP contribution is -2.32. The predicted octanol–water partition coefficient (Wildman–Crippen LogP) is 4.16. The minimum absolute atomic E-state index is 0.0903. The van der Waals surface area contributed by atoms with Gasteiger partial charge in [-0.25, -0.2) is 13.9 Å². The summed E-state index contributed by atoms with van der Waals surface area (Å²) in [5, 5.41) is 4.54. The van der Waals surface area contributed by atoms with Crippen LogP contribution in [0.5, 0.6) is 5.75 Å². The number of anilines is 1. The number of hydrogen-bond acceptors (Lipinski definition) is 7. The molecule has 3 aromatic heterocycles. The summed E-state index contributed by atoms with van der Waals surface area (Å²) in [5.74, 6) is -1.09. The lowest BCUT2D eigenvalue weighted by molar-refractivity contribution is -0.274. The quantitative estimate of drug-likeness (QED) is 0.417. The van der Waals surface area contributed by atoms with Crippen LogP contribution in [-0.2, 0) is 6.54 Å². The highest BCUT2D eigenvalue weighted by Crippen LogP contribution is 2.31. The fourth-order valence-corrected chi connectivity index (χ4v) is 4.64. The smallest absolute Gasteiger partial charge is 0.406 e. The molecule has 0 saturated carbocycles. The van der Waals surface area contributed by atoms with E-state index in [1.54, 1.807) is 30.6 Å². The minimum Gasteiger partial charge on any atom is -0.406 e. The van der Waals surface area contributed by atoms with E-state index < -0.39 is 23.8 Å². The lowest BCUT2D eigenvalue weighted by atomic mass is 10.1. The molecule has 0 atom stereocenters. The van der Waals surface area contributed by atoms with Crippen LogP contribution in [0.3, 0.4) is 0 Å². The molecule has 0 bridgehead atoms. The average Bonchev–Trinajstić information content (AvgIpc) is 3.10. The third-order valence-electron chi connectivity index (χ3n) is 5.27. The molecule has 1 aromatic carbocycles. The van der Waals surface area contributed by atoms with Crippen LogP contribution in [0.4, 0.5) is 23.5 Å². The largest absolute Gasteiger partial charge is 0.573 e. The highest BCUT2D eigenvalue weighted by Gasteiger charge is 2.32. The third kappa shape index (κ3) is 4.85. The average molecular weight is 504 g/mol. The predicted molar refractivity (Wildman–Crippen MR) is 119 cm³/mol. The number of halogens is 4. The van der Waals surface area contributed by atoms with E-state index in [0.29, 0.717) is 27.6 Å². The molecule has 0 aliphatic carbocycles. The lowest BCUT2D eigenvalue weighted by Gasteiger charge is -2.21. The maximum Gasteiger partial charge on any atom is 0.573 e. The van der Waals surface area contributed by atoms with Crippen LogP contribution in [0.2, 0.25) is 0 Å². The maximum atomic E-state index is 14.4. The summed E-state index contributed by atoms with van der Waals surface area (Å²) in [6.07, 6.45) is -1.59. The van der Waals surface area contributed by atoms with E-state index in [1.807, 2.05) is 0 Å². The van der Waals surface area contributed by atoms with Crippen molar-refractivity contribution in [1.82, 2.24) is 24.5 Å². The first-order valence-electron chi connectivity index (χ1n) is 10.2. The van der Waals surface area contributed by atoms with Gasteiger partial charge in [-0.1, -0.05) is 0 Å². The molecular formula is C22H16F4N6O2S. The number of aromatic nitrogens is 4. The van der Waals surface area contributed by atoms with Gasteiger partial charge < -0.3 is 15.4 Å². The molecule has 0 unspecified atom stereocenters. The minimum atomic E-state index is -4.91. The number of pyridine rings is 2. The molecule has 0 saturated heterocycles. The molecule has 35 heavy (non-hydrogen) atoms. The molecule has 13 heteroatoms. The monoisotopic (exact) mass is 504 g/mol. The van der Waals surface area contributed by atoms with Crippen LogP contribution in [0.25, 0.3) is 16.8 Å². The summed E-state index contributed by atoms with van der Waals surface area (Å²) in [6, 6.07) is 7.93. The van der Waals surface area contributed by atoms with E-state index >= 15 is 0 Å². The van der Waals surface area contributed by atoms with E-state index in [2.05, 4.69) is 19.8 Å². The van der Waals surface area contributed by atoms with Crippen molar-refractivity contribution in [2.75, 3.05) is 18.0 Å². The van der Waals surface area contributed by atoms with Crippen LogP contribution in [0.15, 0.2) is 53.8 Å². The summed E-state index contributed by atoms with van der Waals surface area (Å²) >= 11 is 1.37. The number of thioether (sulfide) groups is 1. The zero-order valence-corrected chi connectivity index (χ0v) is 18.6. The van der Waals surface area contributed by atoms with Gasteiger partial charge in [-0.2, -0.15) is 4.98 Å². The van der Waals surface area contributed by atoms with Gasteiger partial charge in [-0.05, 0) is 42.0 Å². The van der Waals surface area contributed by atoms with Crippen molar-refractivity contribution < 1.29 is 27.1 Å². The van der Waals surface area contributed by atoms with Crippen LogP contribution in [-0.4, -0.2) is 49.0 Å². The zero-order chi connectivity index (χ0) is 24.7. The third-order valence-corrected chi connectivity index (χ3v) is 6.25. The molecule has 0 radical (unpaired) electrons. The van der Waals surface area contributed by atoms with E-state index in [1.165, 1.54) is 21.2 Å². The fourth-order valence-electron chi connectivity index (χ4n) is 3.71. The molecule has 1 aliphatic rings. The van der Waals surface area contributed by atoms with Gasteiger partial charge in [0.15, 0.2) is 5.65 Å². The Balaban J connectivity index is 1.44. The van der Waals surface area contributed by atoms with Crippen LogP contribution in [0, 0.1) is 5.82 Å². The number of nitrogens with zero attached hydrogens (tertiary/aromatic N) is 5. The van der Waals surface area contributed by atoms with E-state index in [0.717, 1.165) is 23.8 Å². The summed E-state index contributed by atoms with van der Waals surface area (Å²) in [5.41, 5.74) is 7.76. The molecule has 0 fully saturated rings. The number of nitrogen functional groups attached to an aromatic ring is 1. The normalized spacial score (nSPS) is 14.2. The van der Waals surface area contributed by atoms with Crippen LogP contribution in [0.1, 0.15) is 15.9 Å². The van der Waals surface area contributed by atoms with Gasteiger partial charge in [0.2, 0.25) is 5.95 Å². The molecule has 180 valence electrons. The molecular weight excluding hydrogens is 488 g/mol. The molecule has 4 aromatic rings. The summed E-state index contributed by atoms with van der Waals surface area (Å²) in [4.78, 5) is 23.3. The second-order valence-electron chi connectivity index (χ2n) is 7.64. The van der Waals surface area contributed by atoms with Gasteiger partial charge >= 0.3 is 6.36 Å². The maximum absolute atomic E-state index is 14.4. The van der Waals surface area contributed by atoms with Gasteiger partial charge in [0.1, 0.15) is 16.6 Å². The first kappa shape index (κ1) is 22.9. The highest BCUT2D eigenvalue weighted by molar-refractivity contribution is 7.99. The standard InChI is InChI=1S/C22H16F4N6O2S/c23-17-2-1-15(34-22(24,25)26)7-14(17)11-31-5-6-35-19-16(20(31)33)8-13(10-28-19)12-3-4-32-18(9-12)29-21(27)30-32/h1-4,7-10H,5-6,11H2,(H2,27,30). The molecule has 4 heterocycles. The fraction of sp³-hybridized carbons (Fsp3) is 0.182. The Morgan fingerprint density at radius 1 is 1.14 bits per heavy atom. The molecule has 1 amide bonds. The van der Waals surface area contributed by atoms with Crippen LogP contribution < -0.4 is 10.5 Å². The number of fused-ring (bicyclic) bond motifs is 2. The van der Waals surface area contributed by atoms with Crippen molar-refractivity contribution in [1.29, 1.82) is 0 Å². The van der Waals surface area contributed by atoms with Crippen molar-refractivity contribution in [3.05, 3.63) is 65.7 Å².